The molecule has 1 aliphatic carbocycles. The van der Waals surface area contributed by atoms with E-state index in [0.29, 0.717) is 12.5 Å². The first-order chi connectivity index (χ1) is 7.20. The molecular formula is C12H15BrO2. The van der Waals surface area contributed by atoms with Gasteiger partial charge in [-0.3, -0.25) is 0 Å². The summed E-state index contributed by atoms with van der Waals surface area (Å²) in [6.45, 7) is 2.21. The zero-order chi connectivity index (χ0) is 10.8. The summed E-state index contributed by atoms with van der Waals surface area (Å²) in [5.41, 5.74) is 2.28. The number of hydrogen-bond acceptors (Lipinski definition) is 2. The predicted octanol–water partition coefficient (Wildman–Crippen LogP) is 2.83. The van der Waals surface area contributed by atoms with E-state index in [1.165, 1.54) is 5.56 Å². The van der Waals surface area contributed by atoms with E-state index < -0.39 is 0 Å². The van der Waals surface area contributed by atoms with Gasteiger partial charge in [-0.05, 0) is 59.3 Å². The summed E-state index contributed by atoms with van der Waals surface area (Å²) in [5.74, 6) is 0.914. The molecule has 2 nitrogen and oxygen atoms in total. The van der Waals surface area contributed by atoms with Crippen LogP contribution in [0.5, 0.6) is 5.75 Å². The molecule has 0 atom stereocenters. The van der Waals surface area contributed by atoms with Crippen molar-refractivity contribution < 1.29 is 9.84 Å². The Kier molecular flexibility index (Phi) is 3.32. The number of halogens is 1. The molecule has 0 radical (unpaired) electrons. The lowest BCUT2D eigenvalue weighted by molar-refractivity contribution is 0.281. The van der Waals surface area contributed by atoms with Gasteiger partial charge in [-0.25, -0.2) is 0 Å². The van der Waals surface area contributed by atoms with Crippen molar-refractivity contribution >= 4 is 15.9 Å². The third kappa shape index (κ3) is 2.73. The van der Waals surface area contributed by atoms with Crippen molar-refractivity contribution in [2.75, 3.05) is 6.61 Å². The Labute approximate surface area is 98.4 Å². The van der Waals surface area contributed by atoms with Crippen LogP contribution in [0.25, 0.3) is 0 Å². The highest BCUT2D eigenvalue weighted by molar-refractivity contribution is 9.10. The second-order valence-corrected chi connectivity index (χ2v) is 4.88. The second-order valence-electron chi connectivity index (χ2n) is 4.03. The monoisotopic (exact) mass is 270 g/mol. The molecule has 1 saturated carbocycles. The van der Waals surface area contributed by atoms with E-state index >= 15 is 0 Å². The predicted molar refractivity (Wildman–Crippen MR) is 63.3 cm³/mol. The molecule has 1 N–H and O–H groups in total. The van der Waals surface area contributed by atoms with E-state index in [0.717, 1.165) is 28.6 Å². The number of ether oxygens (including phenoxy) is 1. The molecule has 15 heavy (non-hydrogen) atoms. The van der Waals surface area contributed by atoms with Crippen LogP contribution in [0, 0.1) is 6.92 Å². The smallest absolute Gasteiger partial charge is 0.137 e. The zero-order valence-corrected chi connectivity index (χ0v) is 10.4. The molecule has 0 bridgehead atoms. The molecular weight excluding hydrogens is 256 g/mol. The minimum Gasteiger partial charge on any atom is -0.489 e. The first kappa shape index (κ1) is 11.0. The van der Waals surface area contributed by atoms with E-state index in [2.05, 4.69) is 28.1 Å². The Morgan fingerprint density at radius 1 is 1.47 bits per heavy atom. The Morgan fingerprint density at radius 2 is 2.20 bits per heavy atom. The maximum Gasteiger partial charge on any atom is 0.137 e. The van der Waals surface area contributed by atoms with Gasteiger partial charge in [0.05, 0.1) is 10.6 Å². The van der Waals surface area contributed by atoms with Crippen molar-refractivity contribution in [3.05, 3.63) is 27.7 Å². The Hall–Kier alpha value is -0.540. The van der Waals surface area contributed by atoms with Crippen molar-refractivity contribution in [2.24, 2.45) is 0 Å². The highest BCUT2D eigenvalue weighted by atomic mass is 79.9. The molecule has 0 heterocycles. The highest BCUT2D eigenvalue weighted by Crippen LogP contribution is 2.36. The fourth-order valence-electron chi connectivity index (χ4n) is 1.59. The summed E-state index contributed by atoms with van der Waals surface area (Å²) in [4.78, 5) is 0. The molecule has 0 saturated heterocycles. The Morgan fingerprint density at radius 3 is 2.80 bits per heavy atom. The standard InChI is InChI=1S/C12H15BrO2/c1-8-6-9(4-5-14)12(11(13)7-8)15-10-2-3-10/h6-7,10,14H,2-5H2,1H3. The number of benzene rings is 1. The maximum atomic E-state index is 9.00. The van der Waals surface area contributed by atoms with Gasteiger partial charge in [-0.15, -0.1) is 0 Å². The molecule has 82 valence electrons. The molecule has 1 aliphatic rings. The molecule has 0 amide bonds. The van der Waals surface area contributed by atoms with Crippen LogP contribution in [0.15, 0.2) is 16.6 Å². The largest absolute Gasteiger partial charge is 0.489 e. The number of aliphatic hydroxyl groups excluding tert-OH is 1. The van der Waals surface area contributed by atoms with Gasteiger partial charge >= 0.3 is 0 Å². The van der Waals surface area contributed by atoms with E-state index in [1.54, 1.807) is 0 Å². The fraction of sp³-hybridized carbons (Fsp3) is 0.500. The Bertz CT molecular complexity index is 359. The number of rotatable bonds is 4. The Balaban J connectivity index is 2.29. The molecule has 3 heteroatoms. The van der Waals surface area contributed by atoms with Gasteiger partial charge < -0.3 is 9.84 Å². The van der Waals surface area contributed by atoms with Gasteiger partial charge in [0.15, 0.2) is 0 Å². The summed E-state index contributed by atoms with van der Waals surface area (Å²) in [6.07, 6.45) is 3.35. The van der Waals surface area contributed by atoms with Crippen LogP contribution < -0.4 is 4.74 Å². The van der Waals surface area contributed by atoms with Crippen LogP contribution in [0.2, 0.25) is 0 Å². The van der Waals surface area contributed by atoms with Gasteiger partial charge in [0.1, 0.15) is 5.75 Å². The number of aryl methyl sites for hydroxylation is 1. The SMILES string of the molecule is Cc1cc(Br)c(OC2CC2)c(CCO)c1. The average molecular weight is 271 g/mol. The molecule has 1 fully saturated rings. The fourth-order valence-corrected chi connectivity index (χ4v) is 2.30. The average Bonchev–Trinajstić information content (AvgIpc) is 2.95. The van der Waals surface area contributed by atoms with Crippen LogP contribution in [-0.2, 0) is 6.42 Å². The summed E-state index contributed by atoms with van der Waals surface area (Å²) in [7, 11) is 0. The van der Waals surface area contributed by atoms with E-state index in [9.17, 15) is 0 Å². The van der Waals surface area contributed by atoms with Gasteiger partial charge in [-0.2, -0.15) is 0 Å². The molecule has 2 rings (SSSR count). The van der Waals surface area contributed by atoms with Crippen LogP contribution in [0.1, 0.15) is 24.0 Å². The van der Waals surface area contributed by atoms with Gasteiger partial charge in [0.2, 0.25) is 0 Å². The molecule has 1 aromatic carbocycles. The molecule has 0 spiro atoms. The van der Waals surface area contributed by atoms with Gasteiger partial charge in [-0.1, -0.05) is 6.07 Å². The molecule has 0 aliphatic heterocycles. The number of aliphatic hydroxyl groups is 1. The van der Waals surface area contributed by atoms with Gasteiger partial charge in [0, 0.05) is 6.61 Å². The summed E-state index contributed by atoms with van der Waals surface area (Å²) in [6, 6.07) is 4.14. The van der Waals surface area contributed by atoms with Crippen LogP contribution in [-0.4, -0.2) is 17.8 Å². The minimum atomic E-state index is 0.164. The third-order valence-electron chi connectivity index (χ3n) is 2.45. The number of hydrogen-bond donors (Lipinski definition) is 1. The van der Waals surface area contributed by atoms with Crippen molar-refractivity contribution in [1.82, 2.24) is 0 Å². The quantitative estimate of drug-likeness (QED) is 0.912. The summed E-state index contributed by atoms with van der Waals surface area (Å²) < 4.78 is 6.83. The lowest BCUT2D eigenvalue weighted by Gasteiger charge is -2.13. The molecule has 0 aromatic heterocycles. The zero-order valence-electron chi connectivity index (χ0n) is 8.79. The van der Waals surface area contributed by atoms with Crippen molar-refractivity contribution in [3.8, 4) is 5.75 Å². The van der Waals surface area contributed by atoms with Crippen LogP contribution in [0.4, 0.5) is 0 Å². The van der Waals surface area contributed by atoms with Crippen molar-refractivity contribution in [2.45, 2.75) is 32.3 Å². The van der Waals surface area contributed by atoms with Crippen molar-refractivity contribution in [3.63, 3.8) is 0 Å². The van der Waals surface area contributed by atoms with E-state index in [-0.39, 0.29) is 6.61 Å². The molecule has 0 unspecified atom stereocenters. The van der Waals surface area contributed by atoms with Crippen LogP contribution in [0.3, 0.4) is 0 Å². The van der Waals surface area contributed by atoms with Crippen LogP contribution >= 0.6 is 15.9 Å². The van der Waals surface area contributed by atoms with Crippen molar-refractivity contribution in [1.29, 1.82) is 0 Å². The topological polar surface area (TPSA) is 29.5 Å². The van der Waals surface area contributed by atoms with Gasteiger partial charge in [0.25, 0.3) is 0 Å². The second kappa shape index (κ2) is 4.54. The normalized spacial score (nSPS) is 15.4. The maximum absolute atomic E-state index is 9.00. The van der Waals surface area contributed by atoms with E-state index in [4.69, 9.17) is 9.84 Å². The summed E-state index contributed by atoms with van der Waals surface area (Å²) >= 11 is 3.52. The first-order valence-corrected chi connectivity index (χ1v) is 6.06. The molecule has 1 aromatic rings. The van der Waals surface area contributed by atoms with E-state index in [1.807, 2.05) is 6.92 Å². The summed E-state index contributed by atoms with van der Waals surface area (Å²) in [5, 5.41) is 9.00. The lowest BCUT2D eigenvalue weighted by atomic mass is 10.1. The third-order valence-corrected chi connectivity index (χ3v) is 3.04. The highest BCUT2D eigenvalue weighted by Gasteiger charge is 2.25. The first-order valence-electron chi connectivity index (χ1n) is 5.27. The lowest BCUT2D eigenvalue weighted by Crippen LogP contribution is -2.03. The minimum absolute atomic E-state index is 0.164.